The molecule has 0 aromatic carbocycles. The Morgan fingerprint density at radius 1 is 0.500 bits per heavy atom. The molecule has 0 fully saturated rings. The minimum atomic E-state index is 0. The Hall–Kier alpha value is -0.891. The molecule has 0 saturated carbocycles. The fourth-order valence-electron chi connectivity index (χ4n) is 0.625. The first-order chi connectivity index (χ1) is 6.00. The first-order valence-electron chi connectivity index (χ1n) is 3.70. The van der Waals surface area contributed by atoms with Gasteiger partial charge in [-0.3, -0.25) is 9.97 Å². The Balaban J connectivity index is 0. The summed E-state index contributed by atoms with van der Waals surface area (Å²) in [6, 6.07) is 11.4. The molecular weight excluding hydrogens is 247 g/mol. The van der Waals surface area contributed by atoms with Crippen molar-refractivity contribution in [3.05, 3.63) is 61.2 Å². The summed E-state index contributed by atoms with van der Waals surface area (Å²) in [5, 5.41) is 0. The maximum Gasteiger partial charge on any atom is 2.00 e. The maximum atomic E-state index is 3.78. The second kappa shape index (κ2) is 12.1. The molecule has 0 aliphatic rings. The number of aromatic nitrogens is 2. The standard InChI is InChI=1S/2C5H5N.ClH.Cu/c2*1-2-4-6-5-3-1;;/h2*1-5H;1H;/q;;;+2/p-1. The number of nitrogens with zero attached hydrogens (tertiary/aromatic N) is 2. The van der Waals surface area contributed by atoms with E-state index in [-0.39, 0.29) is 29.5 Å². The van der Waals surface area contributed by atoms with Crippen molar-refractivity contribution in [3.63, 3.8) is 0 Å². The van der Waals surface area contributed by atoms with Crippen molar-refractivity contribution in [1.82, 2.24) is 9.97 Å². The van der Waals surface area contributed by atoms with Gasteiger partial charge < -0.3 is 12.4 Å². The van der Waals surface area contributed by atoms with Crippen LogP contribution in [-0.2, 0) is 17.1 Å². The molecule has 0 amide bonds. The van der Waals surface area contributed by atoms with Crippen LogP contribution in [-0.4, -0.2) is 9.97 Å². The van der Waals surface area contributed by atoms with Crippen molar-refractivity contribution >= 4 is 0 Å². The largest absolute Gasteiger partial charge is 2.00 e. The molecule has 2 heterocycles. The fourth-order valence-corrected chi connectivity index (χ4v) is 0.625. The summed E-state index contributed by atoms with van der Waals surface area (Å²) in [6.45, 7) is 0. The van der Waals surface area contributed by atoms with Crippen LogP contribution >= 0.6 is 0 Å². The van der Waals surface area contributed by atoms with E-state index in [2.05, 4.69) is 9.97 Å². The van der Waals surface area contributed by atoms with Gasteiger partial charge in [0.2, 0.25) is 0 Å². The molecule has 0 bridgehead atoms. The molecule has 14 heavy (non-hydrogen) atoms. The van der Waals surface area contributed by atoms with E-state index in [1.54, 1.807) is 24.8 Å². The molecule has 0 N–H and O–H groups in total. The predicted octanol–water partition coefficient (Wildman–Crippen LogP) is -0.835. The van der Waals surface area contributed by atoms with Gasteiger partial charge in [0.25, 0.3) is 0 Å². The average molecular weight is 257 g/mol. The Bertz CT molecular complexity index is 194. The van der Waals surface area contributed by atoms with E-state index in [0.29, 0.717) is 0 Å². The van der Waals surface area contributed by atoms with Gasteiger partial charge in [-0.05, 0) is 24.3 Å². The third kappa shape index (κ3) is 9.20. The van der Waals surface area contributed by atoms with Gasteiger partial charge in [0, 0.05) is 24.8 Å². The molecule has 0 aliphatic carbocycles. The first-order valence-corrected chi connectivity index (χ1v) is 3.70. The molecule has 0 saturated heterocycles. The number of hydrogen-bond donors (Lipinski definition) is 0. The predicted molar refractivity (Wildman–Crippen MR) is 48.5 cm³/mol. The van der Waals surface area contributed by atoms with Crippen molar-refractivity contribution in [3.8, 4) is 0 Å². The van der Waals surface area contributed by atoms with E-state index in [4.69, 9.17) is 0 Å². The van der Waals surface area contributed by atoms with Crippen LogP contribution < -0.4 is 12.4 Å². The Morgan fingerprint density at radius 2 is 0.786 bits per heavy atom. The molecule has 2 aromatic heterocycles. The normalized spacial score (nSPS) is 6.86. The van der Waals surface area contributed by atoms with E-state index >= 15 is 0 Å². The summed E-state index contributed by atoms with van der Waals surface area (Å²) in [5.41, 5.74) is 0. The van der Waals surface area contributed by atoms with Crippen LogP contribution in [0.15, 0.2) is 61.2 Å². The molecule has 0 spiro atoms. The molecule has 2 aromatic rings. The van der Waals surface area contributed by atoms with Crippen LogP contribution in [0, 0.1) is 0 Å². The molecule has 0 atom stereocenters. The van der Waals surface area contributed by atoms with Gasteiger partial charge in [-0.25, -0.2) is 0 Å². The molecule has 2 rings (SSSR count). The van der Waals surface area contributed by atoms with Gasteiger partial charge in [-0.15, -0.1) is 0 Å². The molecule has 1 radical (unpaired) electrons. The third-order valence-electron chi connectivity index (χ3n) is 1.13. The number of halogens is 1. The van der Waals surface area contributed by atoms with Crippen LogP contribution in [0.5, 0.6) is 0 Å². The van der Waals surface area contributed by atoms with Gasteiger partial charge in [-0.2, -0.15) is 0 Å². The number of rotatable bonds is 0. The zero-order valence-corrected chi connectivity index (χ0v) is 9.04. The summed E-state index contributed by atoms with van der Waals surface area (Å²) in [7, 11) is 0. The summed E-state index contributed by atoms with van der Waals surface area (Å²) < 4.78 is 0. The molecular formula is C10H10ClCuN2+. The van der Waals surface area contributed by atoms with Crippen LogP contribution in [0.3, 0.4) is 0 Å². The van der Waals surface area contributed by atoms with Gasteiger partial charge in [0.15, 0.2) is 0 Å². The third-order valence-corrected chi connectivity index (χ3v) is 1.13. The van der Waals surface area contributed by atoms with Crippen molar-refractivity contribution in [2.45, 2.75) is 0 Å². The Kier molecular flexibility index (Phi) is 13.5. The number of hydrogen-bond acceptors (Lipinski definition) is 2. The second-order valence-corrected chi connectivity index (χ2v) is 2.05. The van der Waals surface area contributed by atoms with Crippen LogP contribution in [0.2, 0.25) is 0 Å². The van der Waals surface area contributed by atoms with Gasteiger partial charge in [0.1, 0.15) is 0 Å². The van der Waals surface area contributed by atoms with E-state index in [1.807, 2.05) is 36.4 Å². The number of pyridine rings is 2. The molecule has 77 valence electrons. The van der Waals surface area contributed by atoms with Crippen molar-refractivity contribution < 1.29 is 29.5 Å². The van der Waals surface area contributed by atoms with Gasteiger partial charge in [0.05, 0.1) is 0 Å². The average Bonchev–Trinajstić information content (AvgIpc) is 2.24. The first kappa shape index (κ1) is 15.6. The van der Waals surface area contributed by atoms with Crippen molar-refractivity contribution in [2.24, 2.45) is 0 Å². The summed E-state index contributed by atoms with van der Waals surface area (Å²) in [6.07, 6.45) is 7.00. The summed E-state index contributed by atoms with van der Waals surface area (Å²) in [5.74, 6) is 0. The van der Waals surface area contributed by atoms with E-state index in [9.17, 15) is 0 Å². The monoisotopic (exact) mass is 256 g/mol. The van der Waals surface area contributed by atoms with Crippen molar-refractivity contribution in [1.29, 1.82) is 0 Å². The fraction of sp³-hybridized carbons (Fsp3) is 0. The smallest absolute Gasteiger partial charge is 1.00 e. The zero-order chi connectivity index (χ0) is 8.49. The quantitative estimate of drug-likeness (QED) is 0.575. The topological polar surface area (TPSA) is 25.8 Å². The minimum absolute atomic E-state index is 0. The summed E-state index contributed by atoms with van der Waals surface area (Å²) >= 11 is 0. The molecule has 2 nitrogen and oxygen atoms in total. The molecule has 0 aliphatic heterocycles. The van der Waals surface area contributed by atoms with E-state index in [1.165, 1.54) is 0 Å². The second-order valence-electron chi connectivity index (χ2n) is 2.05. The maximum absolute atomic E-state index is 3.78. The van der Waals surface area contributed by atoms with Crippen LogP contribution in [0.1, 0.15) is 0 Å². The van der Waals surface area contributed by atoms with Gasteiger partial charge in [-0.1, -0.05) is 12.1 Å². The SMILES string of the molecule is [Cl-].[Cu+2].c1ccncc1.c1ccncc1. The minimum Gasteiger partial charge on any atom is -1.00 e. The molecule has 4 heteroatoms. The Labute approximate surface area is 101 Å². The van der Waals surface area contributed by atoms with E-state index in [0.717, 1.165) is 0 Å². The van der Waals surface area contributed by atoms with Crippen LogP contribution in [0.25, 0.3) is 0 Å². The van der Waals surface area contributed by atoms with E-state index < -0.39 is 0 Å². The summed E-state index contributed by atoms with van der Waals surface area (Å²) in [4.78, 5) is 7.57. The Morgan fingerprint density at radius 3 is 0.857 bits per heavy atom. The van der Waals surface area contributed by atoms with Crippen molar-refractivity contribution in [2.75, 3.05) is 0 Å². The zero-order valence-electron chi connectivity index (χ0n) is 7.35. The molecule has 0 unspecified atom stereocenters. The van der Waals surface area contributed by atoms with Gasteiger partial charge >= 0.3 is 17.1 Å². The van der Waals surface area contributed by atoms with Crippen LogP contribution in [0.4, 0.5) is 0 Å².